The first-order valence-corrected chi connectivity index (χ1v) is 10.8. The predicted molar refractivity (Wildman–Crippen MR) is 110 cm³/mol. The fourth-order valence-corrected chi connectivity index (χ4v) is 3.96. The third-order valence-corrected chi connectivity index (χ3v) is 5.77. The number of hydrogen-bond acceptors (Lipinski definition) is 3. The molecular weight excluding hydrogens is 346 g/mol. The highest BCUT2D eigenvalue weighted by atomic mass is 35.5. The van der Waals surface area contributed by atoms with E-state index in [4.69, 9.17) is 16.3 Å². The van der Waals surface area contributed by atoms with Gasteiger partial charge in [-0.15, -0.1) is 0 Å². The molecule has 26 heavy (non-hydrogen) atoms. The second-order valence-corrected chi connectivity index (χ2v) is 8.21. The van der Waals surface area contributed by atoms with Crippen LogP contribution in [-0.2, 0) is 6.42 Å². The SMILES string of the molecule is CCCCCCCCCOc1ccc(CC2CN(C)CCC2O)c(Cl)c1. The van der Waals surface area contributed by atoms with Crippen LogP contribution in [0.3, 0.4) is 0 Å². The van der Waals surface area contributed by atoms with E-state index in [9.17, 15) is 5.11 Å². The van der Waals surface area contributed by atoms with Crippen LogP contribution in [0.25, 0.3) is 0 Å². The lowest BCUT2D eigenvalue weighted by molar-refractivity contribution is 0.0366. The van der Waals surface area contributed by atoms with Crippen molar-refractivity contribution >= 4 is 11.6 Å². The number of rotatable bonds is 11. The molecule has 148 valence electrons. The molecule has 3 nitrogen and oxygen atoms in total. The summed E-state index contributed by atoms with van der Waals surface area (Å²) in [7, 11) is 2.11. The minimum atomic E-state index is -0.226. The lowest BCUT2D eigenvalue weighted by Gasteiger charge is -2.34. The summed E-state index contributed by atoms with van der Waals surface area (Å²) in [5, 5.41) is 11.0. The van der Waals surface area contributed by atoms with Crippen molar-refractivity contribution in [3.05, 3.63) is 28.8 Å². The number of piperidine rings is 1. The van der Waals surface area contributed by atoms with E-state index in [0.717, 1.165) is 55.3 Å². The zero-order valence-corrected chi connectivity index (χ0v) is 17.3. The van der Waals surface area contributed by atoms with Crippen LogP contribution in [0.15, 0.2) is 18.2 Å². The quantitative estimate of drug-likeness (QED) is 0.526. The highest BCUT2D eigenvalue weighted by Gasteiger charge is 2.26. The first-order valence-electron chi connectivity index (χ1n) is 10.4. The zero-order chi connectivity index (χ0) is 18.8. The molecule has 0 saturated carbocycles. The van der Waals surface area contributed by atoms with Gasteiger partial charge in [0.2, 0.25) is 0 Å². The van der Waals surface area contributed by atoms with Crippen LogP contribution < -0.4 is 4.74 Å². The fraction of sp³-hybridized carbons (Fsp3) is 0.727. The normalized spacial score (nSPS) is 21.1. The van der Waals surface area contributed by atoms with Crippen LogP contribution in [0.5, 0.6) is 5.75 Å². The first kappa shape index (κ1) is 21.5. The van der Waals surface area contributed by atoms with Crippen molar-refractivity contribution in [2.45, 2.75) is 70.8 Å². The van der Waals surface area contributed by atoms with Gasteiger partial charge in [0.1, 0.15) is 5.75 Å². The molecule has 1 aromatic rings. The summed E-state index contributed by atoms with van der Waals surface area (Å²) in [5.41, 5.74) is 1.11. The topological polar surface area (TPSA) is 32.7 Å². The molecule has 1 aromatic carbocycles. The average molecular weight is 382 g/mol. The maximum atomic E-state index is 10.2. The van der Waals surface area contributed by atoms with E-state index in [1.807, 2.05) is 12.1 Å². The molecule has 2 atom stereocenters. The molecule has 4 heteroatoms. The number of aliphatic hydroxyl groups excluding tert-OH is 1. The Morgan fingerprint density at radius 1 is 1.15 bits per heavy atom. The van der Waals surface area contributed by atoms with Gasteiger partial charge < -0.3 is 14.7 Å². The highest BCUT2D eigenvalue weighted by molar-refractivity contribution is 6.31. The van der Waals surface area contributed by atoms with Crippen LogP contribution in [0.2, 0.25) is 5.02 Å². The molecule has 1 N–H and O–H groups in total. The van der Waals surface area contributed by atoms with Gasteiger partial charge in [-0.25, -0.2) is 0 Å². The number of unbranched alkanes of at least 4 members (excludes halogenated alkanes) is 6. The number of nitrogens with zero attached hydrogens (tertiary/aromatic N) is 1. The molecular formula is C22H36ClNO2. The largest absolute Gasteiger partial charge is 0.494 e. The van der Waals surface area contributed by atoms with Crippen molar-refractivity contribution in [2.75, 3.05) is 26.7 Å². The molecule has 2 unspecified atom stereocenters. The number of ether oxygens (including phenoxy) is 1. The Balaban J connectivity index is 1.71. The fourth-order valence-electron chi connectivity index (χ4n) is 3.72. The Kier molecular flexibility index (Phi) is 9.80. The Labute approximate surface area is 164 Å². The van der Waals surface area contributed by atoms with Crippen molar-refractivity contribution in [2.24, 2.45) is 5.92 Å². The zero-order valence-electron chi connectivity index (χ0n) is 16.6. The molecule has 1 heterocycles. The van der Waals surface area contributed by atoms with Gasteiger partial charge in [0.05, 0.1) is 12.7 Å². The molecule has 0 amide bonds. The third kappa shape index (κ3) is 7.46. The van der Waals surface area contributed by atoms with Crippen molar-refractivity contribution < 1.29 is 9.84 Å². The average Bonchev–Trinajstić information content (AvgIpc) is 2.62. The monoisotopic (exact) mass is 381 g/mol. The van der Waals surface area contributed by atoms with Crippen molar-refractivity contribution in [1.82, 2.24) is 4.90 Å². The summed E-state index contributed by atoms with van der Waals surface area (Å²) in [6.45, 7) is 4.90. The Hall–Kier alpha value is -0.770. The van der Waals surface area contributed by atoms with Crippen molar-refractivity contribution in [1.29, 1.82) is 0 Å². The Morgan fingerprint density at radius 3 is 2.62 bits per heavy atom. The summed E-state index contributed by atoms with van der Waals surface area (Å²) in [4.78, 5) is 2.28. The number of benzene rings is 1. The molecule has 1 fully saturated rings. The molecule has 0 aliphatic carbocycles. The Morgan fingerprint density at radius 2 is 1.88 bits per heavy atom. The predicted octanol–water partition coefficient (Wildman–Crippen LogP) is 5.32. The maximum Gasteiger partial charge on any atom is 0.120 e. The van der Waals surface area contributed by atoms with Gasteiger partial charge >= 0.3 is 0 Å². The van der Waals surface area contributed by atoms with Crippen LogP contribution in [0.1, 0.15) is 63.9 Å². The van der Waals surface area contributed by atoms with E-state index in [1.165, 1.54) is 38.5 Å². The van der Waals surface area contributed by atoms with Gasteiger partial charge in [0, 0.05) is 24.0 Å². The summed E-state index contributed by atoms with van der Waals surface area (Å²) < 4.78 is 5.86. The van der Waals surface area contributed by atoms with E-state index in [-0.39, 0.29) is 12.0 Å². The summed E-state index contributed by atoms with van der Waals surface area (Å²) >= 11 is 6.47. The van der Waals surface area contributed by atoms with Gasteiger partial charge in [0.15, 0.2) is 0 Å². The van der Waals surface area contributed by atoms with Gasteiger partial charge in [-0.3, -0.25) is 0 Å². The van der Waals surface area contributed by atoms with Crippen LogP contribution in [0.4, 0.5) is 0 Å². The third-order valence-electron chi connectivity index (χ3n) is 5.42. The first-order chi connectivity index (χ1) is 12.6. The Bertz CT molecular complexity index is 523. The number of likely N-dealkylation sites (tertiary alicyclic amines) is 1. The maximum absolute atomic E-state index is 10.2. The minimum Gasteiger partial charge on any atom is -0.494 e. The lowest BCUT2D eigenvalue weighted by Crippen LogP contribution is -2.42. The summed E-state index contributed by atoms with van der Waals surface area (Å²) in [6, 6.07) is 6.00. The summed E-state index contributed by atoms with van der Waals surface area (Å²) in [5.74, 6) is 1.11. The second kappa shape index (κ2) is 11.8. The van der Waals surface area contributed by atoms with E-state index in [1.54, 1.807) is 0 Å². The van der Waals surface area contributed by atoms with E-state index < -0.39 is 0 Å². The highest BCUT2D eigenvalue weighted by Crippen LogP contribution is 2.28. The van der Waals surface area contributed by atoms with Crippen molar-refractivity contribution in [3.8, 4) is 5.75 Å². The molecule has 0 bridgehead atoms. The molecule has 0 radical (unpaired) electrons. The number of hydrogen-bond donors (Lipinski definition) is 1. The summed E-state index contributed by atoms with van der Waals surface area (Å²) in [6.07, 6.45) is 10.5. The van der Waals surface area contributed by atoms with E-state index >= 15 is 0 Å². The van der Waals surface area contributed by atoms with E-state index in [2.05, 4.69) is 24.9 Å². The van der Waals surface area contributed by atoms with E-state index in [0.29, 0.717) is 0 Å². The molecule has 1 aliphatic rings. The van der Waals surface area contributed by atoms with Crippen molar-refractivity contribution in [3.63, 3.8) is 0 Å². The molecule has 0 spiro atoms. The van der Waals surface area contributed by atoms with Crippen LogP contribution in [0, 0.1) is 5.92 Å². The molecule has 2 rings (SSSR count). The van der Waals surface area contributed by atoms with Gasteiger partial charge in [-0.1, -0.05) is 63.1 Å². The minimum absolute atomic E-state index is 0.226. The lowest BCUT2D eigenvalue weighted by atomic mass is 9.89. The van der Waals surface area contributed by atoms with Gasteiger partial charge in [-0.2, -0.15) is 0 Å². The van der Waals surface area contributed by atoms with Gasteiger partial charge in [0.25, 0.3) is 0 Å². The number of halogens is 1. The van der Waals surface area contributed by atoms with Crippen LogP contribution >= 0.6 is 11.6 Å². The molecule has 0 aromatic heterocycles. The standard InChI is InChI=1S/C22H36ClNO2/c1-3-4-5-6-7-8-9-14-26-20-11-10-18(21(23)16-20)15-19-17-24(2)13-12-22(19)25/h10-11,16,19,22,25H,3-9,12-15,17H2,1-2H3. The second-order valence-electron chi connectivity index (χ2n) is 7.81. The van der Waals surface area contributed by atoms with Gasteiger partial charge in [-0.05, 0) is 44.0 Å². The van der Waals surface area contributed by atoms with Crippen LogP contribution in [-0.4, -0.2) is 42.9 Å². The number of aliphatic hydroxyl groups is 1. The smallest absolute Gasteiger partial charge is 0.120 e. The molecule has 1 saturated heterocycles. The molecule has 1 aliphatic heterocycles.